The molecule has 0 aliphatic carbocycles. The summed E-state index contributed by atoms with van der Waals surface area (Å²) in [6.45, 7) is 3.29. The van der Waals surface area contributed by atoms with Crippen LogP contribution in [0.25, 0.3) is 0 Å². The lowest BCUT2D eigenvalue weighted by molar-refractivity contribution is -0.608. The molecule has 5 nitrogen and oxygen atoms in total. The van der Waals surface area contributed by atoms with Crippen molar-refractivity contribution in [1.29, 1.82) is 0 Å². The molecule has 76 valence electrons. The third-order valence-corrected chi connectivity index (χ3v) is 1.79. The predicted molar refractivity (Wildman–Crippen MR) is 47.9 cm³/mol. The summed E-state index contributed by atoms with van der Waals surface area (Å²) in [6, 6.07) is 0.963. The van der Waals surface area contributed by atoms with Gasteiger partial charge in [-0.1, -0.05) is 13.8 Å². The molecule has 1 aromatic rings. The molecule has 0 fully saturated rings. The van der Waals surface area contributed by atoms with Gasteiger partial charge < -0.3 is 15.4 Å². The first-order chi connectivity index (χ1) is 6.43. The molecule has 0 aliphatic rings. The summed E-state index contributed by atoms with van der Waals surface area (Å²) in [7, 11) is 0. The number of rotatable bonds is 2. The number of hydrogen-bond donors (Lipinski definition) is 2. The SMILES string of the molecule is CC(C)C(=O)c1cc(O)c(O)c[n+]1[O-]. The highest BCUT2D eigenvalue weighted by Crippen LogP contribution is 2.22. The number of ketones is 1. The lowest BCUT2D eigenvalue weighted by Gasteiger charge is -2.06. The van der Waals surface area contributed by atoms with Crippen LogP contribution in [0.15, 0.2) is 12.3 Å². The first-order valence-electron chi connectivity index (χ1n) is 4.13. The first-order valence-corrected chi connectivity index (χ1v) is 4.13. The number of aromatic nitrogens is 1. The van der Waals surface area contributed by atoms with Gasteiger partial charge in [0.05, 0.1) is 6.07 Å². The molecule has 0 radical (unpaired) electrons. The third kappa shape index (κ3) is 1.76. The zero-order valence-corrected chi connectivity index (χ0v) is 7.89. The second kappa shape index (κ2) is 3.53. The Hall–Kier alpha value is -1.78. The third-order valence-electron chi connectivity index (χ3n) is 1.79. The molecule has 0 spiro atoms. The zero-order chi connectivity index (χ0) is 10.9. The van der Waals surface area contributed by atoms with Gasteiger partial charge in [-0.15, -0.1) is 0 Å². The van der Waals surface area contributed by atoms with Gasteiger partial charge >= 0.3 is 0 Å². The van der Waals surface area contributed by atoms with Crippen molar-refractivity contribution in [3.8, 4) is 11.5 Å². The van der Waals surface area contributed by atoms with E-state index in [2.05, 4.69) is 0 Å². The van der Waals surface area contributed by atoms with E-state index in [1.807, 2.05) is 0 Å². The van der Waals surface area contributed by atoms with E-state index < -0.39 is 11.5 Å². The van der Waals surface area contributed by atoms with Gasteiger partial charge in [0.15, 0.2) is 5.75 Å². The quantitative estimate of drug-likeness (QED) is 0.412. The normalized spacial score (nSPS) is 10.5. The van der Waals surface area contributed by atoms with Crippen LogP contribution in [-0.2, 0) is 0 Å². The number of hydrogen-bond acceptors (Lipinski definition) is 4. The smallest absolute Gasteiger partial charge is 0.264 e. The Morgan fingerprint density at radius 2 is 2.00 bits per heavy atom. The van der Waals surface area contributed by atoms with Gasteiger partial charge in [-0.25, -0.2) is 0 Å². The van der Waals surface area contributed by atoms with E-state index in [4.69, 9.17) is 10.2 Å². The Morgan fingerprint density at radius 1 is 1.43 bits per heavy atom. The number of Topliss-reactive ketones (excluding diaryl/α,β-unsaturated/α-hetero) is 1. The first kappa shape index (κ1) is 10.3. The topological polar surface area (TPSA) is 84.5 Å². The molecule has 0 atom stereocenters. The number of carbonyl (C=O) groups is 1. The van der Waals surface area contributed by atoms with Crippen LogP contribution in [0.2, 0.25) is 0 Å². The van der Waals surface area contributed by atoms with Gasteiger partial charge in [0, 0.05) is 5.92 Å². The van der Waals surface area contributed by atoms with Crippen molar-refractivity contribution in [2.24, 2.45) is 5.92 Å². The van der Waals surface area contributed by atoms with Crippen LogP contribution in [0.5, 0.6) is 11.5 Å². The second-order valence-corrected chi connectivity index (χ2v) is 3.27. The molecule has 0 aliphatic heterocycles. The molecule has 2 N–H and O–H groups in total. The summed E-state index contributed by atoms with van der Waals surface area (Å²) in [4.78, 5) is 11.4. The fourth-order valence-corrected chi connectivity index (χ4v) is 0.989. The van der Waals surface area contributed by atoms with Gasteiger partial charge in [0.25, 0.3) is 5.69 Å². The summed E-state index contributed by atoms with van der Waals surface area (Å²) >= 11 is 0. The van der Waals surface area contributed by atoms with E-state index in [0.717, 1.165) is 12.3 Å². The largest absolute Gasteiger partial charge is 0.618 e. The number of nitrogens with zero attached hydrogens (tertiary/aromatic N) is 1. The highest BCUT2D eigenvalue weighted by molar-refractivity contribution is 5.94. The van der Waals surface area contributed by atoms with Crippen LogP contribution in [0.1, 0.15) is 24.3 Å². The van der Waals surface area contributed by atoms with Crippen LogP contribution in [0, 0.1) is 11.1 Å². The molecule has 5 heteroatoms. The monoisotopic (exact) mass is 197 g/mol. The lowest BCUT2D eigenvalue weighted by Crippen LogP contribution is -2.35. The Bertz CT molecular complexity index is 373. The Morgan fingerprint density at radius 3 is 2.50 bits per heavy atom. The van der Waals surface area contributed by atoms with Crippen molar-refractivity contribution in [2.75, 3.05) is 0 Å². The van der Waals surface area contributed by atoms with Gasteiger partial charge in [-0.2, -0.15) is 4.73 Å². The predicted octanol–water partition coefficient (Wildman–Crippen LogP) is 0.570. The Balaban J connectivity index is 3.22. The van der Waals surface area contributed by atoms with Crippen LogP contribution in [0.4, 0.5) is 0 Å². The van der Waals surface area contributed by atoms with E-state index in [1.165, 1.54) is 0 Å². The van der Waals surface area contributed by atoms with E-state index >= 15 is 0 Å². The number of carbonyl (C=O) groups excluding carboxylic acids is 1. The fourth-order valence-electron chi connectivity index (χ4n) is 0.989. The lowest BCUT2D eigenvalue weighted by atomic mass is 10.1. The molecule has 0 bridgehead atoms. The van der Waals surface area contributed by atoms with E-state index in [-0.39, 0.29) is 22.1 Å². The summed E-state index contributed by atoms with van der Waals surface area (Å²) in [5, 5.41) is 29.2. The Labute approximate surface area is 80.8 Å². The molecule has 0 aromatic carbocycles. The number of pyridine rings is 1. The van der Waals surface area contributed by atoms with Crippen molar-refractivity contribution in [3.63, 3.8) is 0 Å². The van der Waals surface area contributed by atoms with Crippen LogP contribution < -0.4 is 4.73 Å². The average molecular weight is 197 g/mol. The minimum Gasteiger partial charge on any atom is -0.618 e. The van der Waals surface area contributed by atoms with Crippen LogP contribution >= 0.6 is 0 Å². The van der Waals surface area contributed by atoms with E-state index in [1.54, 1.807) is 13.8 Å². The minimum atomic E-state index is -0.541. The summed E-state index contributed by atoms with van der Waals surface area (Å²) in [5.41, 5.74) is -0.171. The molecule has 0 saturated heterocycles. The number of aromatic hydroxyl groups is 2. The maximum atomic E-state index is 11.4. The van der Waals surface area contributed by atoms with Crippen molar-refractivity contribution in [1.82, 2.24) is 0 Å². The maximum Gasteiger partial charge on any atom is 0.264 e. The molecule has 1 aromatic heterocycles. The van der Waals surface area contributed by atoms with E-state index in [0.29, 0.717) is 0 Å². The van der Waals surface area contributed by atoms with Gasteiger partial charge in [-0.3, -0.25) is 4.79 Å². The summed E-state index contributed by atoms with van der Waals surface area (Å²) in [6.07, 6.45) is 0.755. The molecule has 14 heavy (non-hydrogen) atoms. The highest BCUT2D eigenvalue weighted by Gasteiger charge is 2.21. The maximum absolute atomic E-state index is 11.4. The fraction of sp³-hybridized carbons (Fsp3) is 0.333. The van der Waals surface area contributed by atoms with Crippen molar-refractivity contribution >= 4 is 5.78 Å². The standard InChI is InChI=1S/C9H11NO4/c1-5(2)9(13)6-3-7(11)8(12)4-10(6)14/h3-5,11-12H,1-2H3. The summed E-state index contributed by atoms with van der Waals surface area (Å²) < 4.78 is 0.247. The van der Waals surface area contributed by atoms with Crippen LogP contribution in [0.3, 0.4) is 0 Å². The average Bonchev–Trinajstić information content (AvgIpc) is 2.10. The molecular weight excluding hydrogens is 186 g/mol. The second-order valence-electron chi connectivity index (χ2n) is 3.27. The molecule has 0 amide bonds. The zero-order valence-electron chi connectivity index (χ0n) is 7.89. The Kier molecular flexibility index (Phi) is 2.60. The van der Waals surface area contributed by atoms with Crippen molar-refractivity contribution < 1.29 is 19.7 Å². The summed E-state index contributed by atoms with van der Waals surface area (Å²) in [5.74, 6) is -1.73. The van der Waals surface area contributed by atoms with Crippen LogP contribution in [-0.4, -0.2) is 16.0 Å². The highest BCUT2D eigenvalue weighted by atomic mass is 16.5. The molecule has 1 heterocycles. The van der Waals surface area contributed by atoms with Crippen molar-refractivity contribution in [3.05, 3.63) is 23.2 Å². The molecule has 0 unspecified atom stereocenters. The molecule has 0 saturated carbocycles. The van der Waals surface area contributed by atoms with Crippen molar-refractivity contribution in [2.45, 2.75) is 13.8 Å². The minimum absolute atomic E-state index is 0.171. The van der Waals surface area contributed by atoms with E-state index in [9.17, 15) is 10.0 Å². The molecular formula is C9H11NO4. The molecule has 1 rings (SSSR count). The van der Waals surface area contributed by atoms with Gasteiger partial charge in [-0.05, 0) is 0 Å². The van der Waals surface area contributed by atoms with Gasteiger partial charge in [0.1, 0.15) is 0 Å². The van der Waals surface area contributed by atoms with Gasteiger partial charge in [0.2, 0.25) is 17.7 Å².